The fourth-order valence-corrected chi connectivity index (χ4v) is 2.36. The number of carboxylic acids is 1. The van der Waals surface area contributed by atoms with Gasteiger partial charge in [-0.3, -0.25) is 10.1 Å². The second-order valence-electron chi connectivity index (χ2n) is 4.43. The monoisotopic (exact) mass is 304 g/mol. The van der Waals surface area contributed by atoms with Crippen molar-refractivity contribution in [2.75, 3.05) is 11.4 Å². The summed E-state index contributed by atoms with van der Waals surface area (Å²) < 4.78 is 13.1. The van der Waals surface area contributed by atoms with Crippen molar-refractivity contribution < 1.29 is 19.2 Å². The highest BCUT2D eigenvalue weighted by Crippen LogP contribution is 2.33. The molecule has 0 aromatic heterocycles. The van der Waals surface area contributed by atoms with E-state index in [2.05, 4.69) is 0 Å². The van der Waals surface area contributed by atoms with Gasteiger partial charge in [0, 0.05) is 6.54 Å². The van der Waals surface area contributed by atoms with Gasteiger partial charge in [-0.1, -0.05) is 0 Å². The van der Waals surface area contributed by atoms with Gasteiger partial charge < -0.3 is 10.0 Å². The Balaban J connectivity index is 0.00000200. The first-order valence-corrected chi connectivity index (χ1v) is 5.94. The van der Waals surface area contributed by atoms with Crippen LogP contribution >= 0.6 is 12.4 Å². The van der Waals surface area contributed by atoms with Crippen molar-refractivity contribution in [3.8, 4) is 0 Å². The summed E-state index contributed by atoms with van der Waals surface area (Å²) in [7, 11) is 0. The van der Waals surface area contributed by atoms with E-state index in [0.29, 0.717) is 13.0 Å². The first-order valence-electron chi connectivity index (χ1n) is 5.94. The van der Waals surface area contributed by atoms with Crippen molar-refractivity contribution >= 4 is 29.8 Å². The summed E-state index contributed by atoms with van der Waals surface area (Å²) >= 11 is 0. The Hall–Kier alpha value is -1.89. The van der Waals surface area contributed by atoms with Crippen LogP contribution in [0.3, 0.4) is 0 Å². The molecule has 110 valence electrons. The van der Waals surface area contributed by atoms with E-state index in [1.165, 1.54) is 11.0 Å². The second kappa shape index (κ2) is 6.51. The molecule has 8 heteroatoms. The lowest BCUT2D eigenvalue weighted by Gasteiger charge is -2.34. The van der Waals surface area contributed by atoms with Crippen LogP contribution in [0.25, 0.3) is 0 Å². The fourth-order valence-electron chi connectivity index (χ4n) is 2.36. The Morgan fingerprint density at radius 3 is 2.75 bits per heavy atom. The highest BCUT2D eigenvalue weighted by atomic mass is 35.5. The number of nitro benzene ring substituents is 1. The van der Waals surface area contributed by atoms with Gasteiger partial charge in [-0.2, -0.15) is 0 Å². The molecule has 1 heterocycles. The van der Waals surface area contributed by atoms with Crippen LogP contribution in [0.1, 0.15) is 19.3 Å². The third-order valence-corrected chi connectivity index (χ3v) is 3.23. The zero-order valence-corrected chi connectivity index (χ0v) is 11.3. The van der Waals surface area contributed by atoms with Crippen molar-refractivity contribution in [2.45, 2.75) is 25.3 Å². The molecule has 0 radical (unpaired) electrons. The number of nitrogens with zero attached hydrogens (tertiary/aromatic N) is 2. The molecule has 1 aliphatic rings. The van der Waals surface area contributed by atoms with Crippen molar-refractivity contribution in [1.29, 1.82) is 0 Å². The number of nitro groups is 1. The van der Waals surface area contributed by atoms with E-state index in [1.807, 2.05) is 0 Å². The van der Waals surface area contributed by atoms with E-state index >= 15 is 0 Å². The Labute approximate surface area is 120 Å². The zero-order chi connectivity index (χ0) is 14.0. The van der Waals surface area contributed by atoms with Crippen LogP contribution in [0, 0.1) is 15.9 Å². The topological polar surface area (TPSA) is 83.7 Å². The lowest BCUT2D eigenvalue weighted by molar-refractivity contribution is -0.384. The number of anilines is 1. The zero-order valence-electron chi connectivity index (χ0n) is 10.5. The highest BCUT2D eigenvalue weighted by molar-refractivity contribution is 5.85. The lowest BCUT2D eigenvalue weighted by atomic mass is 10.0. The van der Waals surface area contributed by atoms with Gasteiger partial charge in [-0.15, -0.1) is 12.4 Å². The summed E-state index contributed by atoms with van der Waals surface area (Å²) in [5.74, 6) is -1.72. The maximum atomic E-state index is 13.1. The van der Waals surface area contributed by atoms with E-state index in [0.717, 1.165) is 25.0 Å². The number of carbonyl (C=O) groups is 1. The minimum Gasteiger partial charge on any atom is -0.480 e. The second-order valence-corrected chi connectivity index (χ2v) is 4.43. The molecule has 1 aromatic rings. The van der Waals surface area contributed by atoms with Crippen LogP contribution in [0.15, 0.2) is 18.2 Å². The molecule has 0 aliphatic carbocycles. The number of piperidine rings is 1. The predicted molar refractivity (Wildman–Crippen MR) is 72.9 cm³/mol. The number of rotatable bonds is 3. The molecule has 0 amide bonds. The molecule has 1 atom stereocenters. The summed E-state index contributed by atoms with van der Waals surface area (Å²) in [6, 6.07) is 2.41. The third kappa shape index (κ3) is 3.16. The maximum absolute atomic E-state index is 13.1. The minimum absolute atomic E-state index is 0. The number of halogens is 2. The number of aliphatic carboxylic acids is 1. The Morgan fingerprint density at radius 2 is 2.15 bits per heavy atom. The molecule has 1 unspecified atom stereocenters. The SMILES string of the molecule is Cl.O=C(O)C1CCCCN1c1ccc(F)cc1[N+](=O)[O-]. The smallest absolute Gasteiger partial charge is 0.326 e. The molecule has 1 fully saturated rings. The highest BCUT2D eigenvalue weighted by Gasteiger charge is 2.32. The molecule has 2 rings (SSSR count). The molecule has 20 heavy (non-hydrogen) atoms. The predicted octanol–water partition coefficient (Wildman–Crippen LogP) is 2.60. The molecule has 1 aromatic carbocycles. The summed E-state index contributed by atoms with van der Waals surface area (Å²) in [4.78, 5) is 22.9. The molecular weight excluding hydrogens is 291 g/mol. The maximum Gasteiger partial charge on any atom is 0.326 e. The van der Waals surface area contributed by atoms with Crippen molar-refractivity contribution in [3.05, 3.63) is 34.1 Å². The van der Waals surface area contributed by atoms with Gasteiger partial charge >= 0.3 is 5.97 Å². The van der Waals surface area contributed by atoms with E-state index in [-0.39, 0.29) is 18.1 Å². The van der Waals surface area contributed by atoms with Gasteiger partial charge in [-0.25, -0.2) is 9.18 Å². The molecule has 1 N–H and O–H groups in total. The Bertz CT molecular complexity index is 526. The van der Waals surface area contributed by atoms with Crippen molar-refractivity contribution in [3.63, 3.8) is 0 Å². The largest absolute Gasteiger partial charge is 0.480 e. The van der Waals surface area contributed by atoms with E-state index < -0.39 is 28.4 Å². The quantitative estimate of drug-likeness (QED) is 0.685. The lowest BCUT2D eigenvalue weighted by Crippen LogP contribution is -2.45. The first kappa shape index (κ1) is 16.2. The molecule has 1 aliphatic heterocycles. The molecule has 0 saturated carbocycles. The van der Waals surface area contributed by atoms with E-state index in [1.54, 1.807) is 0 Å². The molecule has 6 nitrogen and oxygen atoms in total. The first-order chi connectivity index (χ1) is 9.00. The van der Waals surface area contributed by atoms with Gasteiger partial charge in [0.15, 0.2) is 0 Å². The summed E-state index contributed by atoms with van der Waals surface area (Å²) in [6.45, 7) is 0.420. The average Bonchev–Trinajstić information content (AvgIpc) is 2.38. The fraction of sp³-hybridized carbons (Fsp3) is 0.417. The molecular formula is C12H14ClFN2O4. The Kier molecular flexibility index (Phi) is 5.26. The number of carboxylic acid groups (broad SMARTS) is 1. The van der Waals surface area contributed by atoms with Crippen LogP contribution in [0.4, 0.5) is 15.8 Å². The summed E-state index contributed by atoms with van der Waals surface area (Å²) in [6.07, 6.45) is 1.96. The van der Waals surface area contributed by atoms with E-state index in [4.69, 9.17) is 5.11 Å². The molecule has 0 bridgehead atoms. The van der Waals surface area contributed by atoms with E-state index in [9.17, 15) is 19.3 Å². The van der Waals surface area contributed by atoms with Gasteiger partial charge in [-0.05, 0) is 31.4 Å². The summed E-state index contributed by atoms with van der Waals surface area (Å²) in [5.41, 5.74) is -0.230. The van der Waals surface area contributed by atoms with Crippen LogP contribution in [-0.2, 0) is 4.79 Å². The van der Waals surface area contributed by atoms with Gasteiger partial charge in [0.05, 0.1) is 11.0 Å². The van der Waals surface area contributed by atoms with Gasteiger partial charge in [0.25, 0.3) is 5.69 Å². The molecule has 1 saturated heterocycles. The number of hydrogen-bond donors (Lipinski definition) is 1. The summed E-state index contributed by atoms with van der Waals surface area (Å²) in [5, 5.41) is 20.1. The van der Waals surface area contributed by atoms with Crippen molar-refractivity contribution in [1.82, 2.24) is 0 Å². The van der Waals surface area contributed by atoms with Crippen LogP contribution in [0.2, 0.25) is 0 Å². The number of benzene rings is 1. The normalized spacial score (nSPS) is 18.2. The third-order valence-electron chi connectivity index (χ3n) is 3.23. The minimum atomic E-state index is -1.02. The molecule has 0 spiro atoms. The van der Waals surface area contributed by atoms with Crippen molar-refractivity contribution in [2.24, 2.45) is 0 Å². The number of hydrogen-bond acceptors (Lipinski definition) is 4. The van der Waals surface area contributed by atoms with Crippen LogP contribution in [-0.4, -0.2) is 28.6 Å². The average molecular weight is 305 g/mol. The van der Waals surface area contributed by atoms with Crippen LogP contribution in [0.5, 0.6) is 0 Å². The van der Waals surface area contributed by atoms with Gasteiger partial charge in [0.1, 0.15) is 17.5 Å². The Morgan fingerprint density at radius 1 is 1.45 bits per heavy atom. The standard InChI is InChI=1S/C12H13FN2O4.ClH/c13-8-4-5-9(11(7-8)15(18)19)14-6-2-1-3-10(14)12(16)17;/h4-5,7,10H,1-3,6H2,(H,16,17);1H. The van der Waals surface area contributed by atoms with Gasteiger partial charge in [0.2, 0.25) is 0 Å². The van der Waals surface area contributed by atoms with Crippen LogP contribution < -0.4 is 4.90 Å².